The molecular formula is C12H22ClNO. The van der Waals surface area contributed by atoms with Crippen molar-refractivity contribution in [2.45, 2.75) is 51.8 Å². The number of amides is 1. The van der Waals surface area contributed by atoms with Crippen LogP contribution in [-0.2, 0) is 4.79 Å². The minimum Gasteiger partial charge on any atom is -0.355 e. The van der Waals surface area contributed by atoms with Crippen molar-refractivity contribution in [1.82, 2.24) is 5.32 Å². The highest BCUT2D eigenvalue weighted by molar-refractivity contribution is 6.20. The van der Waals surface area contributed by atoms with Gasteiger partial charge in [0.05, 0.1) is 0 Å². The van der Waals surface area contributed by atoms with Crippen molar-refractivity contribution in [2.75, 3.05) is 6.54 Å². The quantitative estimate of drug-likeness (QED) is 0.741. The third kappa shape index (κ3) is 3.37. The number of halogens is 1. The molecule has 1 amide bonds. The van der Waals surface area contributed by atoms with Crippen LogP contribution in [0.5, 0.6) is 0 Å². The smallest absolute Gasteiger partial charge is 0.225 e. The summed E-state index contributed by atoms with van der Waals surface area (Å²) in [7, 11) is 0. The highest BCUT2D eigenvalue weighted by Gasteiger charge is 2.29. The summed E-state index contributed by atoms with van der Waals surface area (Å²) in [5, 5.41) is 3.28. The van der Waals surface area contributed by atoms with Gasteiger partial charge in [0.25, 0.3) is 0 Å². The summed E-state index contributed by atoms with van der Waals surface area (Å²) in [5.74, 6) is 0.629. The Bertz CT molecular complexity index is 228. The van der Waals surface area contributed by atoms with Crippen LogP contribution in [0.1, 0.15) is 46.5 Å². The second-order valence-corrected chi connectivity index (χ2v) is 5.72. The molecule has 1 saturated carbocycles. The molecule has 2 nitrogen and oxygen atoms in total. The molecule has 1 rings (SSSR count). The highest BCUT2D eigenvalue weighted by atomic mass is 35.5. The first-order valence-electron chi connectivity index (χ1n) is 5.89. The third-order valence-electron chi connectivity index (χ3n) is 3.59. The van der Waals surface area contributed by atoms with Gasteiger partial charge in [0, 0.05) is 17.3 Å². The molecule has 0 saturated heterocycles. The van der Waals surface area contributed by atoms with Crippen LogP contribution in [0.4, 0.5) is 0 Å². The number of carbonyl (C=O) groups is 1. The van der Waals surface area contributed by atoms with Gasteiger partial charge >= 0.3 is 0 Å². The Morgan fingerprint density at radius 1 is 1.47 bits per heavy atom. The summed E-state index contributed by atoms with van der Waals surface area (Å²) in [4.78, 5) is 11.8. The fraction of sp³-hybridized carbons (Fsp3) is 0.917. The predicted molar refractivity (Wildman–Crippen MR) is 64.1 cm³/mol. The molecule has 0 aromatic rings. The lowest BCUT2D eigenvalue weighted by atomic mass is 9.89. The van der Waals surface area contributed by atoms with Crippen molar-refractivity contribution >= 4 is 17.5 Å². The first-order valence-corrected chi connectivity index (χ1v) is 6.33. The maximum absolute atomic E-state index is 11.8. The van der Waals surface area contributed by atoms with Gasteiger partial charge in [0.15, 0.2) is 0 Å². The van der Waals surface area contributed by atoms with E-state index in [2.05, 4.69) is 5.32 Å². The molecule has 88 valence electrons. The number of hydrogen-bond acceptors (Lipinski definition) is 1. The van der Waals surface area contributed by atoms with E-state index < -0.39 is 0 Å². The number of rotatable bonds is 4. The van der Waals surface area contributed by atoms with Gasteiger partial charge in [0.2, 0.25) is 5.91 Å². The second-order valence-electron chi connectivity index (χ2n) is 5.15. The van der Waals surface area contributed by atoms with Crippen molar-refractivity contribution in [3.8, 4) is 0 Å². The topological polar surface area (TPSA) is 29.1 Å². The summed E-state index contributed by atoms with van der Waals surface area (Å²) in [5.41, 5.74) is -0.250. The SMILES string of the molecule is CCC(C)(C)C(=O)NCC1CCCC1Cl. The van der Waals surface area contributed by atoms with Gasteiger partial charge in [-0.2, -0.15) is 0 Å². The Balaban J connectivity index is 2.34. The third-order valence-corrected chi connectivity index (χ3v) is 4.16. The summed E-state index contributed by atoms with van der Waals surface area (Å²) in [6, 6.07) is 0. The van der Waals surface area contributed by atoms with E-state index in [0.29, 0.717) is 5.92 Å². The minimum atomic E-state index is -0.250. The molecular weight excluding hydrogens is 210 g/mol. The fourth-order valence-electron chi connectivity index (χ4n) is 1.85. The largest absolute Gasteiger partial charge is 0.355 e. The lowest BCUT2D eigenvalue weighted by molar-refractivity contribution is -0.129. The van der Waals surface area contributed by atoms with E-state index in [4.69, 9.17) is 11.6 Å². The van der Waals surface area contributed by atoms with Gasteiger partial charge in [0.1, 0.15) is 0 Å². The molecule has 1 aliphatic carbocycles. The van der Waals surface area contributed by atoms with Gasteiger partial charge < -0.3 is 5.32 Å². The Morgan fingerprint density at radius 2 is 2.13 bits per heavy atom. The number of alkyl halides is 1. The molecule has 0 spiro atoms. The van der Waals surface area contributed by atoms with Gasteiger partial charge in [-0.1, -0.05) is 27.2 Å². The molecule has 15 heavy (non-hydrogen) atoms. The van der Waals surface area contributed by atoms with E-state index in [-0.39, 0.29) is 16.7 Å². The van der Waals surface area contributed by atoms with Gasteiger partial charge in [-0.25, -0.2) is 0 Å². The van der Waals surface area contributed by atoms with E-state index in [0.717, 1.165) is 25.8 Å². The van der Waals surface area contributed by atoms with Crippen LogP contribution < -0.4 is 5.32 Å². The highest BCUT2D eigenvalue weighted by Crippen LogP contribution is 2.29. The standard InChI is InChI=1S/C12H22ClNO/c1-4-12(2,3)11(15)14-8-9-6-5-7-10(9)13/h9-10H,4-8H2,1-3H3,(H,14,15). The summed E-state index contributed by atoms with van der Waals surface area (Å²) >= 11 is 6.16. The summed E-state index contributed by atoms with van der Waals surface area (Å²) < 4.78 is 0. The summed E-state index contributed by atoms with van der Waals surface area (Å²) in [6.07, 6.45) is 4.32. The minimum absolute atomic E-state index is 0.153. The molecule has 1 fully saturated rings. The normalized spacial score (nSPS) is 26.7. The average Bonchev–Trinajstić information content (AvgIpc) is 2.60. The van der Waals surface area contributed by atoms with Crippen molar-refractivity contribution in [3.63, 3.8) is 0 Å². The van der Waals surface area contributed by atoms with Crippen molar-refractivity contribution < 1.29 is 4.79 Å². The Labute approximate surface area is 97.8 Å². The van der Waals surface area contributed by atoms with Crippen LogP contribution in [0.2, 0.25) is 0 Å². The average molecular weight is 232 g/mol. The van der Waals surface area contributed by atoms with Crippen LogP contribution in [0, 0.1) is 11.3 Å². The Kier molecular flexibility index (Phi) is 4.45. The van der Waals surface area contributed by atoms with E-state index in [1.165, 1.54) is 6.42 Å². The number of nitrogens with one attached hydrogen (secondary N) is 1. The second kappa shape index (κ2) is 5.20. The van der Waals surface area contributed by atoms with E-state index in [1.54, 1.807) is 0 Å². The van der Waals surface area contributed by atoms with Crippen molar-refractivity contribution in [2.24, 2.45) is 11.3 Å². The lowest BCUT2D eigenvalue weighted by Gasteiger charge is -2.23. The molecule has 3 heteroatoms. The van der Waals surface area contributed by atoms with Gasteiger partial charge in [-0.3, -0.25) is 4.79 Å². The maximum atomic E-state index is 11.8. The first kappa shape index (κ1) is 12.8. The molecule has 2 atom stereocenters. The Hall–Kier alpha value is -0.240. The zero-order chi connectivity index (χ0) is 11.5. The fourth-order valence-corrected chi connectivity index (χ4v) is 2.21. The summed E-state index contributed by atoms with van der Waals surface area (Å²) in [6.45, 7) is 6.75. The monoisotopic (exact) mass is 231 g/mol. The molecule has 1 aliphatic rings. The van der Waals surface area contributed by atoms with E-state index in [9.17, 15) is 4.79 Å². The zero-order valence-electron chi connectivity index (χ0n) is 9.98. The molecule has 0 aromatic heterocycles. The molecule has 0 heterocycles. The van der Waals surface area contributed by atoms with Gasteiger partial charge in [-0.05, 0) is 25.2 Å². The molecule has 2 unspecified atom stereocenters. The van der Waals surface area contributed by atoms with Crippen molar-refractivity contribution in [1.29, 1.82) is 0 Å². The first-order chi connectivity index (χ1) is 6.97. The lowest BCUT2D eigenvalue weighted by Crippen LogP contribution is -2.39. The molecule has 0 bridgehead atoms. The molecule has 0 aromatic carbocycles. The van der Waals surface area contributed by atoms with E-state index >= 15 is 0 Å². The Morgan fingerprint density at radius 3 is 2.60 bits per heavy atom. The van der Waals surface area contributed by atoms with Crippen LogP contribution in [-0.4, -0.2) is 17.8 Å². The molecule has 0 aliphatic heterocycles. The van der Waals surface area contributed by atoms with E-state index in [1.807, 2.05) is 20.8 Å². The molecule has 1 N–H and O–H groups in total. The van der Waals surface area contributed by atoms with Crippen LogP contribution >= 0.6 is 11.6 Å². The van der Waals surface area contributed by atoms with Crippen LogP contribution in [0.3, 0.4) is 0 Å². The molecule has 0 radical (unpaired) electrons. The maximum Gasteiger partial charge on any atom is 0.225 e. The van der Waals surface area contributed by atoms with Gasteiger partial charge in [-0.15, -0.1) is 11.6 Å². The van der Waals surface area contributed by atoms with Crippen LogP contribution in [0.25, 0.3) is 0 Å². The van der Waals surface area contributed by atoms with Crippen LogP contribution in [0.15, 0.2) is 0 Å². The van der Waals surface area contributed by atoms with Crippen molar-refractivity contribution in [3.05, 3.63) is 0 Å². The number of carbonyl (C=O) groups excluding carboxylic acids is 1. The predicted octanol–water partition coefficient (Wildman–Crippen LogP) is 2.95. The number of hydrogen-bond donors (Lipinski definition) is 1. The zero-order valence-corrected chi connectivity index (χ0v) is 10.7.